The van der Waals surface area contributed by atoms with E-state index in [9.17, 15) is 5.11 Å². The molecule has 1 unspecified atom stereocenters. The van der Waals surface area contributed by atoms with Crippen LogP contribution in [-0.2, 0) is 0 Å². The molecule has 0 heterocycles. The van der Waals surface area contributed by atoms with Crippen LogP contribution in [-0.4, -0.2) is 37.3 Å². The zero-order valence-corrected chi connectivity index (χ0v) is 12.2. The Bertz CT molecular complexity index is 405. The van der Waals surface area contributed by atoms with Gasteiger partial charge in [0.25, 0.3) is 0 Å². The zero-order valence-electron chi connectivity index (χ0n) is 12.2. The maximum Gasteiger partial charge on any atom is 0.119 e. The minimum atomic E-state index is -0.188. The highest BCUT2D eigenvalue weighted by Gasteiger charge is 2.33. The fourth-order valence-electron chi connectivity index (χ4n) is 3.26. The molecular weight excluding hydrogens is 238 g/mol. The summed E-state index contributed by atoms with van der Waals surface area (Å²) in [5.41, 5.74) is 1.23. The first-order valence-electron chi connectivity index (χ1n) is 7.12. The second kappa shape index (κ2) is 6.40. The van der Waals surface area contributed by atoms with Crippen LogP contribution in [0.15, 0.2) is 24.3 Å². The van der Waals surface area contributed by atoms with Gasteiger partial charge >= 0.3 is 0 Å². The molecule has 2 rings (SSSR count). The summed E-state index contributed by atoms with van der Waals surface area (Å²) in [6.45, 7) is 0. The molecule has 19 heavy (non-hydrogen) atoms. The van der Waals surface area contributed by atoms with E-state index in [2.05, 4.69) is 31.1 Å². The van der Waals surface area contributed by atoms with E-state index in [0.717, 1.165) is 25.0 Å². The number of hydrogen-bond donors (Lipinski definition) is 1. The molecule has 0 saturated heterocycles. The quantitative estimate of drug-likeness (QED) is 0.906. The largest absolute Gasteiger partial charge is 0.497 e. The Labute approximate surface area is 116 Å². The van der Waals surface area contributed by atoms with Gasteiger partial charge < -0.3 is 14.7 Å². The van der Waals surface area contributed by atoms with Crippen LogP contribution >= 0.6 is 0 Å². The first kappa shape index (κ1) is 14.4. The third-order valence-corrected chi connectivity index (χ3v) is 4.18. The van der Waals surface area contributed by atoms with Crippen molar-refractivity contribution in [3.63, 3.8) is 0 Å². The second-order valence-corrected chi connectivity index (χ2v) is 5.70. The van der Waals surface area contributed by atoms with E-state index in [1.807, 2.05) is 12.1 Å². The molecule has 1 aliphatic rings. The topological polar surface area (TPSA) is 32.7 Å². The summed E-state index contributed by atoms with van der Waals surface area (Å²) < 4.78 is 5.32. The molecule has 0 radical (unpaired) electrons. The van der Waals surface area contributed by atoms with Gasteiger partial charge in [-0.2, -0.15) is 0 Å². The van der Waals surface area contributed by atoms with Gasteiger partial charge in [-0.25, -0.2) is 0 Å². The monoisotopic (exact) mass is 263 g/mol. The summed E-state index contributed by atoms with van der Waals surface area (Å²) in [7, 11) is 5.87. The number of methoxy groups -OCH3 is 1. The van der Waals surface area contributed by atoms with E-state index >= 15 is 0 Å². The minimum absolute atomic E-state index is 0.188. The van der Waals surface area contributed by atoms with Gasteiger partial charge in [0.15, 0.2) is 0 Å². The van der Waals surface area contributed by atoms with Crippen molar-refractivity contribution >= 4 is 0 Å². The maximum atomic E-state index is 10.3. The summed E-state index contributed by atoms with van der Waals surface area (Å²) in [5.74, 6) is 1.20. The molecule has 3 nitrogen and oxygen atoms in total. The van der Waals surface area contributed by atoms with Gasteiger partial charge in [-0.15, -0.1) is 0 Å². The van der Waals surface area contributed by atoms with Gasteiger partial charge in [-0.1, -0.05) is 25.0 Å². The predicted octanol–water partition coefficient (Wildman–Crippen LogP) is 2.85. The summed E-state index contributed by atoms with van der Waals surface area (Å²) in [6, 6.07) is 8.47. The lowest BCUT2D eigenvalue weighted by Crippen LogP contribution is -2.36. The van der Waals surface area contributed by atoms with Gasteiger partial charge in [-0.3, -0.25) is 0 Å². The van der Waals surface area contributed by atoms with E-state index in [1.165, 1.54) is 12.0 Å². The molecule has 1 aromatic rings. The van der Waals surface area contributed by atoms with Crippen molar-refractivity contribution in [1.82, 2.24) is 4.90 Å². The van der Waals surface area contributed by atoms with Crippen LogP contribution in [0.25, 0.3) is 0 Å². The SMILES string of the molecule is COc1cccc(C([C@H]2CCCC[C@@H]2O)N(C)C)c1. The highest BCUT2D eigenvalue weighted by Crippen LogP contribution is 2.38. The minimum Gasteiger partial charge on any atom is -0.497 e. The molecule has 0 bridgehead atoms. The average molecular weight is 263 g/mol. The van der Waals surface area contributed by atoms with Gasteiger partial charge in [0, 0.05) is 12.0 Å². The standard InChI is InChI=1S/C16H25NO2/c1-17(2)16(14-9-4-5-10-15(14)18)12-7-6-8-13(11-12)19-3/h6-8,11,14-16,18H,4-5,9-10H2,1-3H3/t14-,15-,16?/m0/s1. The molecule has 1 aliphatic carbocycles. The van der Waals surface area contributed by atoms with E-state index in [1.54, 1.807) is 7.11 Å². The summed E-state index contributed by atoms with van der Waals surface area (Å²) in [6.07, 6.45) is 4.21. The van der Waals surface area contributed by atoms with Gasteiger partial charge in [0.1, 0.15) is 5.75 Å². The molecule has 0 amide bonds. The smallest absolute Gasteiger partial charge is 0.119 e. The van der Waals surface area contributed by atoms with Gasteiger partial charge in [-0.05, 0) is 44.6 Å². The fraction of sp³-hybridized carbons (Fsp3) is 0.625. The Morgan fingerprint density at radius 1 is 1.26 bits per heavy atom. The molecule has 3 heteroatoms. The molecule has 0 aliphatic heterocycles. The number of nitrogens with zero attached hydrogens (tertiary/aromatic N) is 1. The van der Waals surface area contributed by atoms with E-state index in [-0.39, 0.29) is 12.1 Å². The lowest BCUT2D eigenvalue weighted by atomic mass is 9.78. The Hall–Kier alpha value is -1.06. The van der Waals surface area contributed by atoms with Crippen LogP contribution in [0, 0.1) is 5.92 Å². The van der Waals surface area contributed by atoms with Crippen molar-refractivity contribution in [1.29, 1.82) is 0 Å². The summed E-state index contributed by atoms with van der Waals surface area (Å²) in [4.78, 5) is 2.22. The zero-order chi connectivity index (χ0) is 13.8. The number of aliphatic hydroxyl groups is 1. The number of rotatable bonds is 4. The van der Waals surface area contributed by atoms with Crippen molar-refractivity contribution < 1.29 is 9.84 Å². The second-order valence-electron chi connectivity index (χ2n) is 5.70. The third-order valence-electron chi connectivity index (χ3n) is 4.18. The van der Waals surface area contributed by atoms with Crippen molar-refractivity contribution in [3.8, 4) is 5.75 Å². The van der Waals surface area contributed by atoms with Gasteiger partial charge in [0.05, 0.1) is 13.2 Å². The van der Waals surface area contributed by atoms with Crippen LogP contribution in [0.3, 0.4) is 0 Å². The molecular formula is C16H25NO2. The maximum absolute atomic E-state index is 10.3. The Morgan fingerprint density at radius 2 is 2.00 bits per heavy atom. The molecule has 0 aromatic heterocycles. The van der Waals surface area contributed by atoms with Crippen molar-refractivity contribution in [2.24, 2.45) is 5.92 Å². The number of ether oxygens (including phenoxy) is 1. The summed E-state index contributed by atoms with van der Waals surface area (Å²) >= 11 is 0. The van der Waals surface area contributed by atoms with E-state index < -0.39 is 0 Å². The lowest BCUT2D eigenvalue weighted by molar-refractivity contribution is 0.0220. The third kappa shape index (κ3) is 3.28. The molecule has 1 aromatic carbocycles. The first-order valence-corrected chi connectivity index (χ1v) is 7.12. The van der Waals surface area contributed by atoms with Crippen LogP contribution in [0.4, 0.5) is 0 Å². The summed E-state index contributed by atoms with van der Waals surface area (Å²) in [5, 5.41) is 10.3. The molecule has 3 atom stereocenters. The van der Waals surface area contributed by atoms with Crippen molar-refractivity contribution in [3.05, 3.63) is 29.8 Å². The Balaban J connectivity index is 2.28. The normalized spacial score (nSPS) is 25.3. The first-order chi connectivity index (χ1) is 9.13. The van der Waals surface area contributed by atoms with Crippen LogP contribution < -0.4 is 4.74 Å². The van der Waals surface area contributed by atoms with Gasteiger partial charge in [0.2, 0.25) is 0 Å². The number of hydrogen-bond acceptors (Lipinski definition) is 3. The molecule has 0 spiro atoms. The molecule has 106 valence electrons. The average Bonchev–Trinajstić information content (AvgIpc) is 2.41. The van der Waals surface area contributed by atoms with E-state index in [0.29, 0.717) is 5.92 Å². The lowest BCUT2D eigenvalue weighted by Gasteiger charge is -2.38. The van der Waals surface area contributed by atoms with Crippen molar-refractivity contribution in [2.75, 3.05) is 21.2 Å². The highest BCUT2D eigenvalue weighted by molar-refractivity contribution is 5.31. The van der Waals surface area contributed by atoms with Crippen LogP contribution in [0.2, 0.25) is 0 Å². The van der Waals surface area contributed by atoms with Crippen LogP contribution in [0.1, 0.15) is 37.3 Å². The Kier molecular flexibility index (Phi) is 4.83. The molecule has 1 saturated carbocycles. The predicted molar refractivity (Wildman–Crippen MR) is 77.4 cm³/mol. The van der Waals surface area contributed by atoms with E-state index in [4.69, 9.17) is 4.74 Å². The highest BCUT2D eigenvalue weighted by atomic mass is 16.5. The number of aliphatic hydroxyl groups excluding tert-OH is 1. The molecule has 1 fully saturated rings. The van der Waals surface area contributed by atoms with Crippen molar-refractivity contribution in [2.45, 2.75) is 37.8 Å². The molecule has 1 N–H and O–H groups in total. The number of benzene rings is 1. The fourth-order valence-corrected chi connectivity index (χ4v) is 3.26. The van der Waals surface area contributed by atoms with Crippen LogP contribution in [0.5, 0.6) is 5.75 Å². The Morgan fingerprint density at radius 3 is 2.63 bits per heavy atom.